The van der Waals surface area contributed by atoms with Crippen LogP contribution in [-0.2, 0) is 0 Å². The number of thioether (sulfide) groups is 1. The zero-order valence-corrected chi connectivity index (χ0v) is 10.6. The highest BCUT2D eigenvalue weighted by molar-refractivity contribution is 8.01. The van der Waals surface area contributed by atoms with E-state index in [4.69, 9.17) is 10.5 Å². The lowest BCUT2D eigenvalue weighted by Crippen LogP contribution is -1.99. The lowest BCUT2D eigenvalue weighted by Gasteiger charge is -2.04. The standard InChI is InChI=1S/C11H11FN2OS2/c12-8-1-3-9(4-2-8)15-5-6-16-10-7-14-11(13)17-10/h1-4,7H,5-6H2,(H2,13,14). The molecule has 0 aliphatic carbocycles. The van der Waals surface area contributed by atoms with Crippen LogP contribution in [0.1, 0.15) is 0 Å². The van der Waals surface area contributed by atoms with Gasteiger partial charge in [0.15, 0.2) is 5.13 Å². The van der Waals surface area contributed by atoms with Crippen molar-refractivity contribution < 1.29 is 9.13 Å². The zero-order chi connectivity index (χ0) is 12.1. The summed E-state index contributed by atoms with van der Waals surface area (Å²) in [7, 11) is 0. The zero-order valence-electron chi connectivity index (χ0n) is 8.93. The van der Waals surface area contributed by atoms with Crippen LogP contribution in [0.2, 0.25) is 0 Å². The molecule has 0 aliphatic rings. The highest BCUT2D eigenvalue weighted by atomic mass is 32.2. The normalized spacial score (nSPS) is 10.4. The van der Waals surface area contributed by atoms with Gasteiger partial charge in [-0.1, -0.05) is 11.3 Å². The van der Waals surface area contributed by atoms with Gasteiger partial charge in [0.05, 0.1) is 17.0 Å². The van der Waals surface area contributed by atoms with Crippen molar-refractivity contribution in [2.45, 2.75) is 4.21 Å². The van der Waals surface area contributed by atoms with Gasteiger partial charge in [0.1, 0.15) is 11.6 Å². The second-order valence-corrected chi connectivity index (χ2v) is 5.63. The van der Waals surface area contributed by atoms with Gasteiger partial charge in [0, 0.05) is 5.75 Å². The molecule has 1 aromatic carbocycles. The first-order chi connectivity index (χ1) is 8.24. The Morgan fingerprint density at radius 2 is 2.12 bits per heavy atom. The Kier molecular flexibility index (Phi) is 4.22. The third kappa shape index (κ3) is 3.90. The maximum atomic E-state index is 12.6. The first-order valence-corrected chi connectivity index (χ1v) is 6.77. The number of halogens is 1. The molecule has 0 saturated heterocycles. The fraction of sp³-hybridized carbons (Fsp3) is 0.182. The van der Waals surface area contributed by atoms with Crippen molar-refractivity contribution in [3.8, 4) is 5.75 Å². The lowest BCUT2D eigenvalue weighted by atomic mass is 10.3. The van der Waals surface area contributed by atoms with Crippen molar-refractivity contribution in [1.82, 2.24) is 4.98 Å². The topological polar surface area (TPSA) is 48.1 Å². The third-order valence-corrected chi connectivity index (χ3v) is 3.90. The Morgan fingerprint density at radius 1 is 1.35 bits per heavy atom. The van der Waals surface area contributed by atoms with Gasteiger partial charge < -0.3 is 10.5 Å². The van der Waals surface area contributed by atoms with Crippen LogP contribution < -0.4 is 10.5 Å². The summed E-state index contributed by atoms with van der Waals surface area (Å²) in [6, 6.07) is 5.99. The highest BCUT2D eigenvalue weighted by Gasteiger charge is 2.00. The van der Waals surface area contributed by atoms with Crippen molar-refractivity contribution in [2.24, 2.45) is 0 Å². The molecule has 17 heavy (non-hydrogen) atoms. The van der Waals surface area contributed by atoms with E-state index < -0.39 is 0 Å². The molecule has 0 atom stereocenters. The van der Waals surface area contributed by atoms with Gasteiger partial charge >= 0.3 is 0 Å². The van der Waals surface area contributed by atoms with E-state index in [0.717, 1.165) is 9.96 Å². The van der Waals surface area contributed by atoms with Crippen LogP contribution in [0.5, 0.6) is 5.75 Å². The molecular formula is C11H11FN2OS2. The Labute approximate surface area is 107 Å². The van der Waals surface area contributed by atoms with Crippen molar-refractivity contribution in [3.63, 3.8) is 0 Å². The SMILES string of the molecule is Nc1ncc(SCCOc2ccc(F)cc2)s1. The number of anilines is 1. The van der Waals surface area contributed by atoms with E-state index in [1.165, 1.54) is 23.5 Å². The van der Waals surface area contributed by atoms with Gasteiger partial charge in [-0.15, -0.1) is 11.8 Å². The summed E-state index contributed by atoms with van der Waals surface area (Å²) in [6.45, 7) is 0.564. The van der Waals surface area contributed by atoms with Gasteiger partial charge in [0.2, 0.25) is 0 Å². The maximum Gasteiger partial charge on any atom is 0.181 e. The van der Waals surface area contributed by atoms with Crippen LogP contribution >= 0.6 is 23.1 Å². The summed E-state index contributed by atoms with van der Waals surface area (Å²) in [5, 5.41) is 0.576. The second-order valence-electron chi connectivity index (χ2n) is 3.17. The summed E-state index contributed by atoms with van der Waals surface area (Å²) in [4.78, 5) is 3.96. The number of hydrogen-bond donors (Lipinski definition) is 1. The quantitative estimate of drug-likeness (QED) is 0.670. The first kappa shape index (κ1) is 12.2. The van der Waals surface area contributed by atoms with E-state index in [1.54, 1.807) is 30.1 Å². The number of rotatable bonds is 5. The second kappa shape index (κ2) is 5.88. The predicted molar refractivity (Wildman–Crippen MR) is 69.1 cm³/mol. The Bertz CT molecular complexity index is 473. The molecule has 90 valence electrons. The molecule has 1 heterocycles. The molecule has 0 bridgehead atoms. The summed E-state index contributed by atoms with van der Waals surface area (Å²) < 4.78 is 19.2. The van der Waals surface area contributed by atoms with Gasteiger partial charge in [-0.25, -0.2) is 9.37 Å². The van der Waals surface area contributed by atoms with E-state index in [1.807, 2.05) is 0 Å². The monoisotopic (exact) mass is 270 g/mol. The van der Waals surface area contributed by atoms with Crippen LogP contribution in [0.3, 0.4) is 0 Å². The summed E-state index contributed by atoms with van der Waals surface area (Å²) >= 11 is 3.10. The molecule has 0 spiro atoms. The van der Waals surface area contributed by atoms with Crippen LogP contribution in [-0.4, -0.2) is 17.3 Å². The van der Waals surface area contributed by atoms with E-state index in [-0.39, 0.29) is 5.82 Å². The molecule has 2 N–H and O–H groups in total. The molecule has 3 nitrogen and oxygen atoms in total. The molecule has 2 rings (SSSR count). The smallest absolute Gasteiger partial charge is 0.181 e. The van der Waals surface area contributed by atoms with Crippen molar-refractivity contribution in [3.05, 3.63) is 36.3 Å². The van der Waals surface area contributed by atoms with Crippen LogP contribution in [0, 0.1) is 5.82 Å². The number of nitrogen functional groups attached to an aromatic ring is 1. The van der Waals surface area contributed by atoms with Crippen LogP contribution in [0.4, 0.5) is 9.52 Å². The third-order valence-electron chi connectivity index (χ3n) is 1.91. The summed E-state index contributed by atoms with van der Waals surface area (Å²) in [5.41, 5.74) is 5.52. The predicted octanol–water partition coefficient (Wildman–Crippen LogP) is 3.04. The van der Waals surface area contributed by atoms with Gasteiger partial charge in [-0.3, -0.25) is 0 Å². The number of ether oxygens (including phenoxy) is 1. The number of hydrogen-bond acceptors (Lipinski definition) is 5. The molecule has 0 saturated carbocycles. The maximum absolute atomic E-state index is 12.6. The lowest BCUT2D eigenvalue weighted by molar-refractivity contribution is 0.343. The molecule has 0 fully saturated rings. The van der Waals surface area contributed by atoms with E-state index in [0.29, 0.717) is 17.5 Å². The van der Waals surface area contributed by atoms with Crippen molar-refractivity contribution in [1.29, 1.82) is 0 Å². The molecule has 1 aromatic heterocycles. The molecule has 6 heteroatoms. The highest BCUT2D eigenvalue weighted by Crippen LogP contribution is 2.26. The Morgan fingerprint density at radius 3 is 2.76 bits per heavy atom. The van der Waals surface area contributed by atoms with Crippen LogP contribution in [0.15, 0.2) is 34.7 Å². The number of benzene rings is 1. The molecule has 0 unspecified atom stereocenters. The molecule has 0 amide bonds. The van der Waals surface area contributed by atoms with Crippen LogP contribution in [0.25, 0.3) is 0 Å². The largest absolute Gasteiger partial charge is 0.493 e. The molecule has 2 aromatic rings. The number of aromatic nitrogens is 1. The van der Waals surface area contributed by atoms with Crippen molar-refractivity contribution in [2.75, 3.05) is 18.1 Å². The average Bonchev–Trinajstić information content (AvgIpc) is 2.73. The minimum Gasteiger partial charge on any atom is -0.493 e. The first-order valence-electron chi connectivity index (χ1n) is 4.96. The minimum atomic E-state index is -0.258. The average molecular weight is 270 g/mol. The minimum absolute atomic E-state index is 0.258. The Balaban J connectivity index is 1.71. The summed E-state index contributed by atoms with van der Waals surface area (Å²) in [5.74, 6) is 1.22. The number of thiazole rings is 1. The van der Waals surface area contributed by atoms with Gasteiger partial charge in [-0.2, -0.15) is 0 Å². The fourth-order valence-electron chi connectivity index (χ4n) is 1.17. The van der Waals surface area contributed by atoms with Crippen molar-refractivity contribution >= 4 is 28.2 Å². The van der Waals surface area contributed by atoms with E-state index in [9.17, 15) is 4.39 Å². The van der Waals surface area contributed by atoms with Gasteiger partial charge in [0.25, 0.3) is 0 Å². The van der Waals surface area contributed by atoms with E-state index in [2.05, 4.69) is 4.98 Å². The van der Waals surface area contributed by atoms with Gasteiger partial charge in [-0.05, 0) is 24.3 Å². The Hall–Kier alpha value is -1.27. The fourth-order valence-corrected chi connectivity index (χ4v) is 2.83. The number of nitrogens with zero attached hydrogens (tertiary/aromatic N) is 1. The molecular weight excluding hydrogens is 259 g/mol. The molecule has 0 aliphatic heterocycles. The number of nitrogens with two attached hydrogens (primary N) is 1. The molecule has 0 radical (unpaired) electrons. The van der Waals surface area contributed by atoms with E-state index >= 15 is 0 Å². The summed E-state index contributed by atoms with van der Waals surface area (Å²) in [6.07, 6.45) is 1.75.